The summed E-state index contributed by atoms with van der Waals surface area (Å²) in [5, 5.41) is 3.08. The molecule has 0 spiro atoms. The summed E-state index contributed by atoms with van der Waals surface area (Å²) in [5.41, 5.74) is 1.02. The van der Waals surface area contributed by atoms with Crippen LogP contribution >= 0.6 is 0 Å². The van der Waals surface area contributed by atoms with Gasteiger partial charge in [0.25, 0.3) is 0 Å². The average molecular weight is 299 g/mol. The van der Waals surface area contributed by atoms with Crippen LogP contribution in [-0.4, -0.2) is 37.4 Å². The number of hydrogen-bond donors (Lipinski definition) is 1. The first-order valence-corrected chi connectivity index (χ1v) is 8.87. The summed E-state index contributed by atoms with van der Waals surface area (Å²) in [4.78, 5) is 0.437. The second kappa shape index (κ2) is 6.74. The number of sulfonamides is 1. The van der Waals surface area contributed by atoms with Crippen molar-refractivity contribution in [2.45, 2.75) is 50.6 Å². The van der Waals surface area contributed by atoms with Gasteiger partial charge in [0, 0.05) is 38.1 Å². The Morgan fingerprint density at radius 1 is 1.20 bits per heavy atom. The van der Waals surface area contributed by atoms with E-state index in [9.17, 15) is 8.42 Å². The maximum Gasteiger partial charge on any atom is 0.244 e. The highest BCUT2D eigenvalue weighted by atomic mass is 32.2. The normalized spacial score (nSPS) is 18.1. The fourth-order valence-corrected chi connectivity index (χ4v) is 4.30. The van der Waals surface area contributed by atoms with Crippen LogP contribution in [0.4, 0.5) is 0 Å². The summed E-state index contributed by atoms with van der Waals surface area (Å²) in [6, 6.07) is 1.81. The molecule has 1 N–H and O–H groups in total. The molecule has 0 atom stereocenters. The zero-order valence-electron chi connectivity index (χ0n) is 12.4. The molecule has 0 aliphatic carbocycles. The van der Waals surface area contributed by atoms with Crippen molar-refractivity contribution in [3.8, 4) is 0 Å². The van der Waals surface area contributed by atoms with Gasteiger partial charge in [0.05, 0.1) is 0 Å². The minimum Gasteiger partial charge on any atom is -0.349 e. The Balaban J connectivity index is 2.28. The fraction of sp³-hybridized carbons (Fsp3) is 0.714. The van der Waals surface area contributed by atoms with E-state index in [0.29, 0.717) is 24.5 Å². The summed E-state index contributed by atoms with van der Waals surface area (Å²) >= 11 is 0. The molecule has 114 valence electrons. The summed E-state index contributed by atoms with van der Waals surface area (Å²) in [7, 11) is -1.46. The number of aromatic nitrogens is 1. The molecule has 1 aromatic rings. The SMILES string of the molecule is CCn1cc(S(=O)(=O)N2CCCCCC2)cc1CNC. The summed E-state index contributed by atoms with van der Waals surface area (Å²) in [6.07, 6.45) is 5.97. The Bertz CT molecular complexity index is 529. The number of nitrogens with one attached hydrogen (secondary N) is 1. The molecule has 0 amide bonds. The summed E-state index contributed by atoms with van der Waals surface area (Å²) < 4.78 is 29.1. The molecular weight excluding hydrogens is 274 g/mol. The third-order valence-corrected chi connectivity index (χ3v) is 5.73. The Kier molecular flexibility index (Phi) is 5.23. The van der Waals surface area contributed by atoms with Crippen molar-refractivity contribution < 1.29 is 8.42 Å². The van der Waals surface area contributed by atoms with E-state index < -0.39 is 10.0 Å². The lowest BCUT2D eigenvalue weighted by Crippen LogP contribution is -2.31. The molecule has 0 unspecified atom stereocenters. The van der Waals surface area contributed by atoms with E-state index in [1.807, 2.05) is 18.5 Å². The van der Waals surface area contributed by atoms with Crippen LogP contribution in [0.5, 0.6) is 0 Å². The first kappa shape index (κ1) is 15.5. The Labute approximate surface area is 122 Å². The van der Waals surface area contributed by atoms with Crippen molar-refractivity contribution in [2.75, 3.05) is 20.1 Å². The molecule has 6 heteroatoms. The number of aryl methyl sites for hydroxylation is 1. The average Bonchev–Trinajstić information content (AvgIpc) is 2.66. The van der Waals surface area contributed by atoms with Crippen LogP contribution in [0, 0.1) is 0 Å². The topological polar surface area (TPSA) is 54.3 Å². The summed E-state index contributed by atoms with van der Waals surface area (Å²) in [5.74, 6) is 0. The Hall–Kier alpha value is -0.850. The highest BCUT2D eigenvalue weighted by molar-refractivity contribution is 7.89. The van der Waals surface area contributed by atoms with E-state index in [4.69, 9.17) is 0 Å². The molecule has 0 aromatic carbocycles. The number of rotatable bonds is 5. The van der Waals surface area contributed by atoms with Gasteiger partial charge >= 0.3 is 0 Å². The number of nitrogens with zero attached hydrogens (tertiary/aromatic N) is 2. The van der Waals surface area contributed by atoms with Crippen molar-refractivity contribution >= 4 is 10.0 Å². The zero-order valence-corrected chi connectivity index (χ0v) is 13.2. The van der Waals surface area contributed by atoms with E-state index in [1.165, 1.54) is 0 Å². The van der Waals surface area contributed by atoms with Crippen LogP contribution in [0.2, 0.25) is 0 Å². The lowest BCUT2D eigenvalue weighted by Gasteiger charge is -2.18. The third kappa shape index (κ3) is 3.24. The van der Waals surface area contributed by atoms with Gasteiger partial charge in [0.15, 0.2) is 0 Å². The minimum absolute atomic E-state index is 0.437. The highest BCUT2D eigenvalue weighted by Crippen LogP contribution is 2.22. The van der Waals surface area contributed by atoms with Crippen LogP contribution in [0.3, 0.4) is 0 Å². The van der Waals surface area contributed by atoms with Gasteiger partial charge in [-0.05, 0) is 32.9 Å². The zero-order chi connectivity index (χ0) is 14.6. The molecule has 1 saturated heterocycles. The lowest BCUT2D eigenvalue weighted by atomic mass is 10.2. The molecule has 0 saturated carbocycles. The van der Waals surface area contributed by atoms with Crippen molar-refractivity contribution in [2.24, 2.45) is 0 Å². The Morgan fingerprint density at radius 3 is 2.40 bits per heavy atom. The maximum atomic E-state index is 12.7. The van der Waals surface area contributed by atoms with E-state index in [0.717, 1.165) is 37.9 Å². The van der Waals surface area contributed by atoms with Gasteiger partial charge in [-0.2, -0.15) is 4.31 Å². The molecule has 1 aliphatic rings. The van der Waals surface area contributed by atoms with Crippen LogP contribution in [0.15, 0.2) is 17.2 Å². The first-order chi connectivity index (χ1) is 9.59. The predicted octanol–water partition coefficient (Wildman–Crippen LogP) is 1.79. The maximum absolute atomic E-state index is 12.7. The number of hydrogen-bond acceptors (Lipinski definition) is 3. The molecule has 0 radical (unpaired) electrons. The highest BCUT2D eigenvalue weighted by Gasteiger charge is 2.26. The van der Waals surface area contributed by atoms with Gasteiger partial charge in [0.1, 0.15) is 4.90 Å². The first-order valence-electron chi connectivity index (χ1n) is 7.43. The van der Waals surface area contributed by atoms with E-state index in [-0.39, 0.29) is 0 Å². The van der Waals surface area contributed by atoms with Gasteiger partial charge in [-0.15, -0.1) is 0 Å². The van der Waals surface area contributed by atoms with Gasteiger partial charge < -0.3 is 9.88 Å². The van der Waals surface area contributed by atoms with Crippen LogP contribution in [-0.2, 0) is 23.1 Å². The van der Waals surface area contributed by atoms with Crippen molar-refractivity contribution in [3.05, 3.63) is 18.0 Å². The predicted molar refractivity (Wildman–Crippen MR) is 80.1 cm³/mol. The molecule has 1 fully saturated rings. The second-order valence-corrected chi connectivity index (χ2v) is 7.24. The quantitative estimate of drug-likeness (QED) is 0.902. The van der Waals surface area contributed by atoms with Crippen molar-refractivity contribution in [1.29, 1.82) is 0 Å². The summed E-state index contributed by atoms with van der Waals surface area (Å²) in [6.45, 7) is 4.80. The van der Waals surface area contributed by atoms with Crippen molar-refractivity contribution in [1.82, 2.24) is 14.2 Å². The molecule has 2 rings (SSSR count). The third-order valence-electron chi connectivity index (χ3n) is 3.86. The molecule has 0 bridgehead atoms. The molecule has 1 aromatic heterocycles. The fourth-order valence-electron chi connectivity index (χ4n) is 2.72. The Morgan fingerprint density at radius 2 is 1.85 bits per heavy atom. The standard InChI is InChI=1S/C14H25N3O2S/c1-3-16-12-14(10-13(16)11-15-2)20(18,19)17-8-6-4-5-7-9-17/h10,12,15H,3-9,11H2,1-2H3. The smallest absolute Gasteiger partial charge is 0.244 e. The molecule has 20 heavy (non-hydrogen) atoms. The van der Waals surface area contributed by atoms with Crippen LogP contribution in [0.1, 0.15) is 38.3 Å². The monoisotopic (exact) mass is 299 g/mol. The lowest BCUT2D eigenvalue weighted by molar-refractivity contribution is 0.423. The van der Waals surface area contributed by atoms with Crippen molar-refractivity contribution in [3.63, 3.8) is 0 Å². The van der Waals surface area contributed by atoms with Crippen LogP contribution < -0.4 is 5.32 Å². The van der Waals surface area contributed by atoms with Gasteiger partial charge in [-0.25, -0.2) is 8.42 Å². The van der Waals surface area contributed by atoms with E-state index >= 15 is 0 Å². The van der Waals surface area contributed by atoms with Gasteiger partial charge in [-0.1, -0.05) is 12.8 Å². The van der Waals surface area contributed by atoms with Crippen LogP contribution in [0.25, 0.3) is 0 Å². The molecular formula is C14H25N3O2S. The molecule has 5 nitrogen and oxygen atoms in total. The van der Waals surface area contributed by atoms with E-state index in [1.54, 1.807) is 16.6 Å². The van der Waals surface area contributed by atoms with Gasteiger partial charge in [0.2, 0.25) is 10.0 Å². The van der Waals surface area contributed by atoms with Gasteiger partial charge in [-0.3, -0.25) is 0 Å². The molecule has 2 heterocycles. The molecule has 1 aliphatic heterocycles. The largest absolute Gasteiger partial charge is 0.349 e. The minimum atomic E-state index is -3.33. The second-order valence-electron chi connectivity index (χ2n) is 5.30. The van der Waals surface area contributed by atoms with E-state index in [2.05, 4.69) is 5.32 Å².